The second-order valence-corrected chi connectivity index (χ2v) is 7.10. The van der Waals surface area contributed by atoms with Gasteiger partial charge in [0.1, 0.15) is 9.84 Å². The molecule has 1 aromatic carbocycles. The molecule has 1 N–H and O–H groups in total. The van der Waals surface area contributed by atoms with Gasteiger partial charge < -0.3 is 5.32 Å². The summed E-state index contributed by atoms with van der Waals surface area (Å²) < 4.78 is 22.3. The zero-order chi connectivity index (χ0) is 13.1. The molecule has 1 unspecified atom stereocenters. The van der Waals surface area contributed by atoms with Crippen molar-refractivity contribution in [2.75, 3.05) is 17.3 Å². The molecular weight excluding hydrogens is 234 g/mol. The van der Waals surface area contributed by atoms with Gasteiger partial charge in [-0.15, -0.1) is 0 Å². The van der Waals surface area contributed by atoms with Crippen LogP contribution >= 0.6 is 0 Å². The van der Waals surface area contributed by atoms with Crippen molar-refractivity contribution >= 4 is 15.5 Å². The molecule has 0 heterocycles. The van der Waals surface area contributed by atoms with Crippen molar-refractivity contribution in [3.05, 3.63) is 29.8 Å². The first-order valence-corrected chi connectivity index (χ1v) is 7.88. The van der Waals surface area contributed by atoms with Crippen LogP contribution in [0.5, 0.6) is 0 Å². The quantitative estimate of drug-likeness (QED) is 0.880. The van der Waals surface area contributed by atoms with E-state index in [4.69, 9.17) is 0 Å². The minimum atomic E-state index is -2.93. The van der Waals surface area contributed by atoms with E-state index in [1.807, 2.05) is 19.1 Å². The molecule has 0 spiro atoms. The number of hydrogen-bond acceptors (Lipinski definition) is 3. The van der Waals surface area contributed by atoms with E-state index in [-0.39, 0.29) is 11.8 Å². The predicted molar refractivity (Wildman–Crippen MR) is 73.3 cm³/mol. The highest BCUT2D eigenvalue weighted by Gasteiger charge is 2.10. The number of rotatable bonds is 5. The molecule has 1 aromatic rings. The van der Waals surface area contributed by atoms with Crippen molar-refractivity contribution in [3.63, 3.8) is 0 Å². The summed E-state index contributed by atoms with van der Waals surface area (Å²) in [6, 6.07) is 8.05. The Kier molecular flexibility index (Phi) is 4.57. The van der Waals surface area contributed by atoms with Crippen molar-refractivity contribution in [2.45, 2.75) is 32.7 Å². The summed E-state index contributed by atoms with van der Waals surface area (Å²) in [6.07, 6.45) is 1.26. The summed E-state index contributed by atoms with van der Waals surface area (Å²) in [5.74, 6) is 0.663. The fraction of sp³-hybridized carbons (Fsp3) is 0.538. The lowest BCUT2D eigenvalue weighted by Gasteiger charge is -2.15. The molecule has 1 rings (SSSR count). The van der Waals surface area contributed by atoms with Gasteiger partial charge in [0.25, 0.3) is 0 Å². The van der Waals surface area contributed by atoms with E-state index in [9.17, 15) is 8.42 Å². The van der Waals surface area contributed by atoms with E-state index in [0.717, 1.165) is 5.69 Å². The molecule has 96 valence electrons. The molecule has 1 atom stereocenters. The Morgan fingerprint density at radius 3 is 2.06 bits per heavy atom. The van der Waals surface area contributed by atoms with Gasteiger partial charge in [0.15, 0.2) is 0 Å². The molecule has 0 aliphatic carbocycles. The lowest BCUT2D eigenvalue weighted by atomic mass is 10.0. The zero-order valence-corrected chi connectivity index (χ0v) is 11.7. The van der Waals surface area contributed by atoms with Crippen LogP contribution in [0.3, 0.4) is 0 Å². The first kappa shape index (κ1) is 14.0. The lowest BCUT2D eigenvalue weighted by molar-refractivity contribution is 0.598. The Balaban J connectivity index is 2.63. The molecule has 0 saturated carbocycles. The van der Waals surface area contributed by atoms with Crippen molar-refractivity contribution in [1.29, 1.82) is 0 Å². The van der Waals surface area contributed by atoms with Crippen molar-refractivity contribution in [2.24, 2.45) is 0 Å². The van der Waals surface area contributed by atoms with Crippen LogP contribution in [0.1, 0.15) is 32.3 Å². The molecule has 0 radical (unpaired) electrons. The maximum Gasteiger partial charge on any atom is 0.149 e. The number of anilines is 1. The summed E-state index contributed by atoms with van der Waals surface area (Å²) in [4.78, 5) is 0. The first-order chi connectivity index (χ1) is 7.78. The van der Waals surface area contributed by atoms with Gasteiger partial charge in [-0.3, -0.25) is 0 Å². The largest absolute Gasteiger partial charge is 0.382 e. The normalized spacial score (nSPS) is 13.7. The van der Waals surface area contributed by atoms with Crippen LogP contribution in [0.2, 0.25) is 0 Å². The third kappa shape index (κ3) is 5.22. The van der Waals surface area contributed by atoms with Crippen LogP contribution in [0.25, 0.3) is 0 Å². The Morgan fingerprint density at radius 1 is 1.12 bits per heavy atom. The van der Waals surface area contributed by atoms with Crippen molar-refractivity contribution in [3.8, 4) is 0 Å². The molecule has 3 nitrogen and oxygen atoms in total. The van der Waals surface area contributed by atoms with Gasteiger partial charge in [-0.1, -0.05) is 26.0 Å². The van der Waals surface area contributed by atoms with E-state index in [1.165, 1.54) is 11.8 Å². The van der Waals surface area contributed by atoms with Crippen LogP contribution in [-0.2, 0) is 9.84 Å². The maximum absolute atomic E-state index is 11.1. The van der Waals surface area contributed by atoms with Crippen molar-refractivity contribution < 1.29 is 8.42 Å². The molecule has 0 aliphatic rings. The van der Waals surface area contributed by atoms with Gasteiger partial charge >= 0.3 is 0 Å². The van der Waals surface area contributed by atoms with Gasteiger partial charge in [-0.25, -0.2) is 8.42 Å². The van der Waals surface area contributed by atoms with Gasteiger partial charge in [0.2, 0.25) is 0 Å². The predicted octanol–water partition coefficient (Wildman–Crippen LogP) is 2.66. The minimum Gasteiger partial charge on any atom is -0.382 e. The van der Waals surface area contributed by atoms with Gasteiger partial charge in [0.05, 0.1) is 5.75 Å². The number of nitrogens with one attached hydrogen (secondary N) is 1. The third-order valence-electron chi connectivity index (χ3n) is 2.54. The minimum absolute atomic E-state index is 0.0742. The molecule has 0 saturated heterocycles. The number of sulfone groups is 1. The molecule has 0 bridgehead atoms. The van der Waals surface area contributed by atoms with Gasteiger partial charge in [0, 0.05) is 18.0 Å². The Morgan fingerprint density at radius 2 is 1.65 bits per heavy atom. The highest BCUT2D eigenvalue weighted by atomic mass is 32.2. The summed E-state index contributed by atoms with van der Waals surface area (Å²) >= 11 is 0. The average molecular weight is 255 g/mol. The Hall–Kier alpha value is -1.03. The Bertz CT molecular complexity index is 449. The Labute approximate surface area is 104 Å². The molecule has 0 fully saturated rings. The molecule has 0 amide bonds. The smallest absolute Gasteiger partial charge is 0.149 e. The fourth-order valence-corrected chi connectivity index (χ4v) is 2.74. The lowest BCUT2D eigenvalue weighted by Crippen LogP contribution is -2.24. The van der Waals surface area contributed by atoms with Crippen LogP contribution in [0.4, 0.5) is 5.69 Å². The monoisotopic (exact) mass is 255 g/mol. The molecule has 17 heavy (non-hydrogen) atoms. The number of hydrogen-bond donors (Lipinski definition) is 1. The second kappa shape index (κ2) is 5.54. The first-order valence-electron chi connectivity index (χ1n) is 5.82. The van der Waals surface area contributed by atoms with Crippen LogP contribution in [0.15, 0.2) is 24.3 Å². The van der Waals surface area contributed by atoms with Gasteiger partial charge in [-0.05, 0) is 30.5 Å². The van der Waals surface area contributed by atoms with E-state index in [1.54, 1.807) is 0 Å². The second-order valence-electron chi connectivity index (χ2n) is 4.91. The topological polar surface area (TPSA) is 46.2 Å². The van der Waals surface area contributed by atoms with E-state index >= 15 is 0 Å². The fourth-order valence-electron chi connectivity index (χ4n) is 1.74. The number of benzene rings is 1. The summed E-state index contributed by atoms with van der Waals surface area (Å²) in [6.45, 7) is 6.17. The highest BCUT2D eigenvalue weighted by Crippen LogP contribution is 2.17. The molecule has 0 aliphatic heterocycles. The standard InChI is InChI=1S/C13H21NO2S/c1-10(2)12-5-7-13(8-6-12)14-11(3)9-17(4,15)16/h5-8,10-11,14H,9H2,1-4H3. The molecular formula is C13H21NO2S. The SMILES string of the molecule is CC(CS(C)(=O)=O)Nc1ccc(C(C)C)cc1. The average Bonchev–Trinajstić information content (AvgIpc) is 2.15. The van der Waals surface area contributed by atoms with E-state index in [0.29, 0.717) is 5.92 Å². The summed E-state index contributed by atoms with van der Waals surface area (Å²) in [5, 5.41) is 3.19. The maximum atomic E-state index is 11.1. The summed E-state index contributed by atoms with van der Waals surface area (Å²) in [7, 11) is -2.93. The molecule has 0 aromatic heterocycles. The van der Waals surface area contributed by atoms with Crippen LogP contribution < -0.4 is 5.32 Å². The van der Waals surface area contributed by atoms with Crippen LogP contribution in [0, 0.1) is 0 Å². The third-order valence-corrected chi connectivity index (χ3v) is 3.65. The zero-order valence-electron chi connectivity index (χ0n) is 10.9. The van der Waals surface area contributed by atoms with E-state index in [2.05, 4.69) is 31.3 Å². The van der Waals surface area contributed by atoms with Crippen LogP contribution in [-0.4, -0.2) is 26.5 Å². The highest BCUT2D eigenvalue weighted by molar-refractivity contribution is 7.90. The van der Waals surface area contributed by atoms with Crippen molar-refractivity contribution in [1.82, 2.24) is 0 Å². The van der Waals surface area contributed by atoms with E-state index < -0.39 is 9.84 Å². The van der Waals surface area contributed by atoms with Gasteiger partial charge in [-0.2, -0.15) is 0 Å². The summed E-state index contributed by atoms with van der Waals surface area (Å²) in [5.41, 5.74) is 2.25. The molecule has 4 heteroatoms.